The lowest BCUT2D eigenvalue weighted by atomic mass is 10.0. The van der Waals surface area contributed by atoms with E-state index in [0.29, 0.717) is 17.3 Å². The highest BCUT2D eigenvalue weighted by Gasteiger charge is 2.34. The van der Waals surface area contributed by atoms with Crippen molar-refractivity contribution in [1.82, 2.24) is 4.90 Å². The molecule has 15 heteroatoms. The van der Waals surface area contributed by atoms with E-state index < -0.39 is 62.0 Å². The molecule has 0 heterocycles. The van der Waals surface area contributed by atoms with Crippen LogP contribution in [0, 0.1) is 0 Å². The third-order valence-corrected chi connectivity index (χ3v) is 7.37. The third kappa shape index (κ3) is 10.9. The molecule has 2 rings (SSSR count). The number of hydrogen-bond donors (Lipinski definition) is 12. The van der Waals surface area contributed by atoms with Gasteiger partial charge in [-0.05, 0) is 40.1 Å². The van der Waals surface area contributed by atoms with Gasteiger partial charge in [-0.25, -0.2) is 0 Å². The van der Waals surface area contributed by atoms with E-state index in [4.69, 9.17) is 14.9 Å². The van der Waals surface area contributed by atoms with E-state index in [-0.39, 0.29) is 38.6 Å². The van der Waals surface area contributed by atoms with Gasteiger partial charge in [0.15, 0.2) is 0 Å². The van der Waals surface area contributed by atoms with Gasteiger partial charge < -0.3 is 55.8 Å². The van der Waals surface area contributed by atoms with Crippen molar-refractivity contribution in [3.8, 4) is 5.75 Å². The fraction of sp³-hybridized carbons (Fsp3) is 0.615. The number of rotatable bonds is 18. The molecule has 0 spiro atoms. The molecule has 0 fully saturated rings. The smallest absolute Gasteiger partial charge is 0.120 e. The molecule has 0 aliphatic carbocycles. The Labute approximate surface area is 255 Å². The standard InChI is InChI=1S/C26H41NO11S2.ClH/c28-10-21(32)25(36)23(34)19(30)8-27(9-20(31)24(35)26(37)22(33)11-29)3-4-38-18-2-1-14-5-16(12-39)17(13-40)6-15(14)7-18;/h1-2,5-7,19-26,28-37,39-40H,3-4,8-13H2;1H/t19-,20-,21-,22-,23-,24-,25-,26-;/m1./s1. The first-order valence-electron chi connectivity index (χ1n) is 12.8. The molecule has 236 valence electrons. The van der Waals surface area contributed by atoms with Crippen LogP contribution in [0.25, 0.3) is 10.8 Å². The van der Waals surface area contributed by atoms with Gasteiger partial charge in [-0.3, -0.25) is 4.90 Å². The molecular formula is C26H42ClNO11S2. The van der Waals surface area contributed by atoms with E-state index in [1.54, 1.807) is 6.07 Å². The highest BCUT2D eigenvalue weighted by Crippen LogP contribution is 2.26. The molecule has 8 atom stereocenters. The number of ether oxygens (including phenoxy) is 1. The Kier molecular flexibility index (Phi) is 17.3. The molecule has 0 aromatic heterocycles. The van der Waals surface area contributed by atoms with Crippen LogP contribution in [0.4, 0.5) is 0 Å². The van der Waals surface area contributed by atoms with E-state index in [1.807, 2.05) is 24.3 Å². The van der Waals surface area contributed by atoms with Crippen molar-refractivity contribution >= 4 is 48.4 Å². The quantitative estimate of drug-likeness (QED) is 0.0771. The lowest BCUT2D eigenvalue weighted by Crippen LogP contribution is -2.53. The lowest BCUT2D eigenvalue weighted by molar-refractivity contribution is -0.130. The number of hydrogen-bond acceptors (Lipinski definition) is 14. The zero-order valence-corrected chi connectivity index (χ0v) is 24.9. The minimum absolute atomic E-state index is 0. The molecule has 0 bridgehead atoms. The number of nitrogens with zero attached hydrogens (tertiary/aromatic N) is 1. The Hall–Kier alpha value is -0.950. The average molecular weight is 644 g/mol. The number of halogens is 1. The summed E-state index contributed by atoms with van der Waals surface area (Å²) in [5, 5.41) is 100. The van der Waals surface area contributed by atoms with Crippen LogP contribution in [0.2, 0.25) is 0 Å². The normalized spacial score (nSPS) is 17.8. The first-order chi connectivity index (χ1) is 19.0. The zero-order chi connectivity index (χ0) is 30.0. The molecule has 2 aromatic rings. The first kappa shape index (κ1) is 38.1. The highest BCUT2D eigenvalue weighted by molar-refractivity contribution is 7.79. The Morgan fingerprint density at radius 1 is 0.634 bits per heavy atom. The second kappa shape index (κ2) is 18.7. The Balaban J connectivity index is 0.00000840. The first-order valence-corrected chi connectivity index (χ1v) is 14.0. The molecule has 0 radical (unpaired) electrons. The SMILES string of the molecule is Cl.OC[C@@H](O)[C@@H](O)[C@H](O)[C@H](O)CN(CCOc1ccc2cc(CS)c(CS)cc2c1)C[C@@H](O)[C@@H](O)[C@H](O)[C@H](O)CO. The summed E-state index contributed by atoms with van der Waals surface area (Å²) in [7, 11) is 0. The topological polar surface area (TPSA) is 215 Å². The molecule has 0 aliphatic heterocycles. The van der Waals surface area contributed by atoms with Crippen molar-refractivity contribution in [1.29, 1.82) is 0 Å². The average Bonchev–Trinajstić information content (AvgIpc) is 2.97. The summed E-state index contributed by atoms with van der Waals surface area (Å²) in [6, 6.07) is 9.53. The summed E-state index contributed by atoms with van der Waals surface area (Å²) in [5.41, 5.74) is 2.11. The Bertz CT molecular complexity index is 1010. The van der Waals surface area contributed by atoms with Crippen LogP contribution in [-0.2, 0) is 11.5 Å². The van der Waals surface area contributed by atoms with Crippen LogP contribution >= 0.6 is 37.7 Å². The molecule has 0 amide bonds. The van der Waals surface area contributed by atoms with Crippen molar-refractivity contribution < 1.29 is 55.8 Å². The second-order valence-corrected chi connectivity index (χ2v) is 10.3. The summed E-state index contributed by atoms with van der Waals surface area (Å²) < 4.78 is 5.86. The van der Waals surface area contributed by atoms with Gasteiger partial charge in [0.05, 0.1) is 25.4 Å². The Morgan fingerprint density at radius 3 is 1.51 bits per heavy atom. The van der Waals surface area contributed by atoms with Gasteiger partial charge in [-0.15, -0.1) is 12.4 Å². The molecule has 2 aromatic carbocycles. The summed E-state index contributed by atoms with van der Waals surface area (Å²) in [4.78, 5) is 1.37. The summed E-state index contributed by atoms with van der Waals surface area (Å²) in [6.07, 6.45) is -14.2. The van der Waals surface area contributed by atoms with Gasteiger partial charge in [0.2, 0.25) is 0 Å². The second-order valence-electron chi connectivity index (χ2n) is 9.65. The molecule has 0 aliphatic rings. The van der Waals surface area contributed by atoms with E-state index >= 15 is 0 Å². The number of aliphatic hydroxyl groups is 10. The van der Waals surface area contributed by atoms with Crippen molar-refractivity contribution in [3.05, 3.63) is 41.5 Å². The molecule has 0 unspecified atom stereocenters. The van der Waals surface area contributed by atoms with Gasteiger partial charge in [0.1, 0.15) is 49.0 Å². The van der Waals surface area contributed by atoms with Crippen LogP contribution in [0.1, 0.15) is 11.1 Å². The van der Waals surface area contributed by atoms with Crippen molar-refractivity contribution in [2.45, 2.75) is 60.3 Å². The minimum atomic E-state index is -1.86. The van der Waals surface area contributed by atoms with Crippen molar-refractivity contribution in [2.75, 3.05) is 39.5 Å². The van der Waals surface area contributed by atoms with Crippen molar-refractivity contribution in [2.24, 2.45) is 0 Å². The summed E-state index contributed by atoms with van der Waals surface area (Å²) in [6.45, 7) is -2.40. The van der Waals surface area contributed by atoms with E-state index in [1.165, 1.54) is 4.90 Å². The molecule has 12 nitrogen and oxygen atoms in total. The predicted octanol–water partition coefficient (Wildman–Crippen LogP) is -2.33. The lowest BCUT2D eigenvalue weighted by Gasteiger charge is -2.33. The molecule has 41 heavy (non-hydrogen) atoms. The molecule has 0 saturated carbocycles. The number of thiol groups is 2. The van der Waals surface area contributed by atoms with Gasteiger partial charge in [0.25, 0.3) is 0 Å². The van der Waals surface area contributed by atoms with Crippen LogP contribution < -0.4 is 4.74 Å². The summed E-state index contributed by atoms with van der Waals surface area (Å²) >= 11 is 8.74. The van der Waals surface area contributed by atoms with E-state index in [9.17, 15) is 40.9 Å². The minimum Gasteiger partial charge on any atom is -0.492 e. The van der Waals surface area contributed by atoms with E-state index in [0.717, 1.165) is 21.9 Å². The monoisotopic (exact) mass is 643 g/mol. The van der Waals surface area contributed by atoms with Crippen LogP contribution in [0.15, 0.2) is 30.3 Å². The van der Waals surface area contributed by atoms with Crippen LogP contribution in [0.3, 0.4) is 0 Å². The zero-order valence-electron chi connectivity index (χ0n) is 22.3. The Morgan fingerprint density at radius 2 is 1.07 bits per heavy atom. The number of aliphatic hydroxyl groups excluding tert-OH is 10. The maximum Gasteiger partial charge on any atom is 0.120 e. The predicted molar refractivity (Wildman–Crippen MR) is 161 cm³/mol. The van der Waals surface area contributed by atoms with E-state index in [2.05, 4.69) is 25.3 Å². The van der Waals surface area contributed by atoms with Crippen LogP contribution in [0.5, 0.6) is 5.75 Å². The fourth-order valence-corrected chi connectivity index (χ4v) is 4.76. The molecular weight excluding hydrogens is 602 g/mol. The van der Waals surface area contributed by atoms with Crippen molar-refractivity contribution in [3.63, 3.8) is 0 Å². The van der Waals surface area contributed by atoms with Gasteiger partial charge in [0, 0.05) is 31.1 Å². The molecule has 0 saturated heterocycles. The van der Waals surface area contributed by atoms with Gasteiger partial charge in [-0.1, -0.05) is 12.1 Å². The summed E-state index contributed by atoms with van der Waals surface area (Å²) in [5.74, 6) is 1.65. The fourth-order valence-electron chi connectivity index (χ4n) is 4.18. The number of benzene rings is 2. The maximum absolute atomic E-state index is 10.5. The number of fused-ring (bicyclic) bond motifs is 1. The van der Waals surface area contributed by atoms with Crippen LogP contribution in [-0.4, -0.2) is 144 Å². The maximum atomic E-state index is 10.5. The van der Waals surface area contributed by atoms with Gasteiger partial charge >= 0.3 is 0 Å². The third-order valence-electron chi connectivity index (χ3n) is 6.69. The highest BCUT2D eigenvalue weighted by atomic mass is 35.5. The molecule has 10 N–H and O–H groups in total. The largest absolute Gasteiger partial charge is 0.492 e. The van der Waals surface area contributed by atoms with Gasteiger partial charge in [-0.2, -0.15) is 25.3 Å².